The highest BCUT2D eigenvalue weighted by Crippen LogP contribution is 2.10. The minimum Gasteiger partial charge on any atom is -0.387 e. The molecule has 1 N–H and O–H groups in total. The Morgan fingerprint density at radius 2 is 1.70 bits per heavy atom. The Labute approximate surface area is 129 Å². The molecular formula is C16H15Cl2NO. The first kappa shape index (κ1) is 16.3. The molecule has 4 heteroatoms. The van der Waals surface area contributed by atoms with Crippen molar-refractivity contribution in [1.29, 1.82) is 0 Å². The van der Waals surface area contributed by atoms with Crippen LogP contribution < -0.4 is 5.32 Å². The molecule has 2 nitrogen and oxygen atoms in total. The molecule has 0 fully saturated rings. The molecule has 2 aromatic rings. The lowest BCUT2D eigenvalue weighted by Crippen LogP contribution is -2.05. The third-order valence-electron chi connectivity index (χ3n) is 2.63. The zero-order chi connectivity index (χ0) is 13.5. The van der Waals surface area contributed by atoms with Gasteiger partial charge in [0.15, 0.2) is 5.78 Å². The third kappa shape index (κ3) is 5.08. The van der Waals surface area contributed by atoms with Gasteiger partial charge in [-0.05, 0) is 29.8 Å². The number of benzene rings is 2. The fourth-order valence-electron chi connectivity index (χ4n) is 1.62. The van der Waals surface area contributed by atoms with E-state index in [0.29, 0.717) is 17.1 Å². The summed E-state index contributed by atoms with van der Waals surface area (Å²) in [6, 6.07) is 16.9. The van der Waals surface area contributed by atoms with E-state index in [-0.39, 0.29) is 18.2 Å². The van der Waals surface area contributed by atoms with Crippen molar-refractivity contribution in [2.45, 2.75) is 6.54 Å². The quantitative estimate of drug-likeness (QED) is 0.661. The first-order valence-electron chi connectivity index (χ1n) is 5.99. The summed E-state index contributed by atoms with van der Waals surface area (Å²) in [6.45, 7) is 0.700. The van der Waals surface area contributed by atoms with Crippen LogP contribution in [0, 0.1) is 0 Å². The van der Waals surface area contributed by atoms with E-state index in [1.807, 2.05) is 30.3 Å². The Bertz CT molecular complexity index is 565. The van der Waals surface area contributed by atoms with Gasteiger partial charge in [-0.2, -0.15) is 0 Å². The van der Waals surface area contributed by atoms with Crippen LogP contribution in [0.3, 0.4) is 0 Å². The van der Waals surface area contributed by atoms with Gasteiger partial charge in [0.1, 0.15) is 0 Å². The number of allylic oxidation sites excluding steroid dienone is 1. The number of carbonyl (C=O) groups is 1. The maximum absolute atomic E-state index is 11.8. The van der Waals surface area contributed by atoms with Crippen LogP contribution in [0.1, 0.15) is 15.9 Å². The third-order valence-corrected chi connectivity index (χ3v) is 2.88. The molecule has 0 amide bonds. The summed E-state index contributed by atoms with van der Waals surface area (Å²) in [5.74, 6) is -0.0442. The van der Waals surface area contributed by atoms with E-state index in [4.69, 9.17) is 11.6 Å². The van der Waals surface area contributed by atoms with Crippen molar-refractivity contribution in [3.8, 4) is 0 Å². The fraction of sp³-hybridized carbons (Fsp3) is 0.0625. The van der Waals surface area contributed by atoms with Gasteiger partial charge in [-0.25, -0.2) is 0 Å². The van der Waals surface area contributed by atoms with Gasteiger partial charge >= 0.3 is 0 Å². The van der Waals surface area contributed by atoms with Crippen LogP contribution in [0.25, 0.3) is 0 Å². The van der Waals surface area contributed by atoms with Crippen LogP contribution in [-0.2, 0) is 6.54 Å². The van der Waals surface area contributed by atoms with Crippen LogP contribution in [0.4, 0.5) is 0 Å². The van der Waals surface area contributed by atoms with E-state index in [9.17, 15) is 4.79 Å². The summed E-state index contributed by atoms with van der Waals surface area (Å²) >= 11 is 5.77. The van der Waals surface area contributed by atoms with Gasteiger partial charge in [-0.1, -0.05) is 41.9 Å². The summed E-state index contributed by atoms with van der Waals surface area (Å²) in [7, 11) is 0. The molecule has 0 saturated carbocycles. The van der Waals surface area contributed by atoms with Gasteiger partial charge in [-0.15, -0.1) is 12.4 Å². The molecule has 0 aromatic heterocycles. The van der Waals surface area contributed by atoms with E-state index in [1.54, 1.807) is 30.5 Å². The summed E-state index contributed by atoms with van der Waals surface area (Å²) < 4.78 is 0. The molecule has 0 unspecified atom stereocenters. The van der Waals surface area contributed by atoms with Crippen molar-refractivity contribution < 1.29 is 4.79 Å². The number of halogens is 2. The molecule has 0 aliphatic carbocycles. The largest absolute Gasteiger partial charge is 0.387 e. The molecule has 0 spiro atoms. The van der Waals surface area contributed by atoms with E-state index in [1.165, 1.54) is 11.6 Å². The standard InChI is InChI=1S/C16H14ClNO.ClH/c17-15-8-6-14(7-9-15)16(19)10-11-18-12-13-4-2-1-3-5-13;/h1-11,18H,12H2;1H/b11-10+;. The van der Waals surface area contributed by atoms with E-state index in [2.05, 4.69) is 5.32 Å². The fourth-order valence-corrected chi connectivity index (χ4v) is 1.74. The highest BCUT2D eigenvalue weighted by Gasteiger charge is 2.00. The van der Waals surface area contributed by atoms with Crippen LogP contribution in [0.2, 0.25) is 5.02 Å². The number of ketones is 1. The number of hydrogen-bond donors (Lipinski definition) is 1. The van der Waals surface area contributed by atoms with Gasteiger partial charge in [0.05, 0.1) is 0 Å². The van der Waals surface area contributed by atoms with Gasteiger partial charge < -0.3 is 5.32 Å². The second-order valence-electron chi connectivity index (χ2n) is 4.07. The SMILES string of the molecule is Cl.O=C(/C=C/NCc1ccccc1)c1ccc(Cl)cc1. The molecule has 0 saturated heterocycles. The molecule has 0 aliphatic rings. The first-order valence-corrected chi connectivity index (χ1v) is 6.37. The summed E-state index contributed by atoms with van der Waals surface area (Å²) in [5.41, 5.74) is 1.80. The highest BCUT2D eigenvalue weighted by atomic mass is 35.5. The van der Waals surface area contributed by atoms with Crippen LogP contribution in [-0.4, -0.2) is 5.78 Å². The summed E-state index contributed by atoms with van der Waals surface area (Å²) in [5, 5.41) is 3.71. The van der Waals surface area contributed by atoms with Crippen molar-refractivity contribution >= 4 is 29.8 Å². The molecule has 2 aromatic carbocycles. The second-order valence-corrected chi connectivity index (χ2v) is 4.51. The minimum atomic E-state index is -0.0442. The smallest absolute Gasteiger partial charge is 0.187 e. The average Bonchev–Trinajstić information content (AvgIpc) is 2.45. The number of hydrogen-bond acceptors (Lipinski definition) is 2. The molecular weight excluding hydrogens is 293 g/mol. The van der Waals surface area contributed by atoms with Gasteiger partial charge in [0, 0.05) is 29.4 Å². The molecule has 0 heterocycles. The molecule has 0 bridgehead atoms. The van der Waals surface area contributed by atoms with Crippen LogP contribution in [0.15, 0.2) is 66.9 Å². The van der Waals surface area contributed by atoms with Crippen molar-refractivity contribution in [2.24, 2.45) is 0 Å². The second kappa shape index (κ2) is 8.41. The van der Waals surface area contributed by atoms with E-state index in [0.717, 1.165) is 0 Å². The Morgan fingerprint density at radius 3 is 2.35 bits per heavy atom. The number of nitrogens with one attached hydrogen (secondary N) is 1. The van der Waals surface area contributed by atoms with Crippen molar-refractivity contribution in [3.05, 3.63) is 83.0 Å². The van der Waals surface area contributed by atoms with Crippen molar-refractivity contribution in [1.82, 2.24) is 5.32 Å². The normalized spacial score (nSPS) is 10.1. The zero-order valence-electron chi connectivity index (χ0n) is 10.8. The average molecular weight is 308 g/mol. The van der Waals surface area contributed by atoms with Gasteiger partial charge in [-0.3, -0.25) is 4.79 Å². The maximum Gasteiger partial charge on any atom is 0.187 e. The Hall–Kier alpha value is -1.77. The number of carbonyl (C=O) groups excluding carboxylic acids is 1. The predicted molar refractivity (Wildman–Crippen MR) is 85.5 cm³/mol. The molecule has 0 atom stereocenters. The Morgan fingerprint density at radius 1 is 1.05 bits per heavy atom. The monoisotopic (exact) mass is 307 g/mol. The Kier molecular flexibility index (Phi) is 6.85. The minimum absolute atomic E-state index is 0. The molecule has 2 rings (SSSR count). The summed E-state index contributed by atoms with van der Waals surface area (Å²) in [4.78, 5) is 11.8. The summed E-state index contributed by atoms with van der Waals surface area (Å²) in [6.07, 6.45) is 3.19. The molecule has 104 valence electrons. The van der Waals surface area contributed by atoms with Gasteiger partial charge in [0.25, 0.3) is 0 Å². The lowest BCUT2D eigenvalue weighted by Gasteiger charge is -2.00. The maximum atomic E-state index is 11.8. The lowest BCUT2D eigenvalue weighted by molar-refractivity contribution is 0.104. The van der Waals surface area contributed by atoms with E-state index >= 15 is 0 Å². The van der Waals surface area contributed by atoms with Gasteiger partial charge in [0.2, 0.25) is 0 Å². The highest BCUT2D eigenvalue weighted by molar-refractivity contribution is 6.30. The van der Waals surface area contributed by atoms with Crippen molar-refractivity contribution in [2.75, 3.05) is 0 Å². The molecule has 0 radical (unpaired) electrons. The van der Waals surface area contributed by atoms with Crippen LogP contribution >= 0.6 is 24.0 Å². The van der Waals surface area contributed by atoms with Crippen LogP contribution in [0.5, 0.6) is 0 Å². The van der Waals surface area contributed by atoms with E-state index < -0.39 is 0 Å². The predicted octanol–water partition coefficient (Wildman–Crippen LogP) is 4.25. The topological polar surface area (TPSA) is 29.1 Å². The zero-order valence-corrected chi connectivity index (χ0v) is 12.3. The first-order chi connectivity index (χ1) is 9.25. The molecule has 0 aliphatic heterocycles. The lowest BCUT2D eigenvalue weighted by atomic mass is 10.1. The Balaban J connectivity index is 0.00000200. The van der Waals surface area contributed by atoms with Crippen molar-refractivity contribution in [3.63, 3.8) is 0 Å². The number of rotatable bonds is 5. The molecule has 20 heavy (non-hydrogen) atoms.